The van der Waals surface area contributed by atoms with Gasteiger partial charge in [-0.3, -0.25) is 4.98 Å². The standard InChI is InChI=1S/C8H11NS/c1-3-10-8-6-9-5-4-7(8)2/h4-6H,3H2,1-2H3. The van der Waals surface area contributed by atoms with E-state index < -0.39 is 0 Å². The number of nitrogens with zero attached hydrogens (tertiary/aromatic N) is 1. The van der Waals surface area contributed by atoms with Crippen LogP contribution in [0.1, 0.15) is 12.5 Å². The highest BCUT2D eigenvalue weighted by molar-refractivity contribution is 7.99. The van der Waals surface area contributed by atoms with Gasteiger partial charge in [0.1, 0.15) is 0 Å². The second-order valence-corrected chi connectivity index (χ2v) is 3.38. The second kappa shape index (κ2) is 3.62. The highest BCUT2D eigenvalue weighted by atomic mass is 32.2. The Bertz CT molecular complexity index is 210. The molecule has 0 saturated heterocycles. The number of thioether (sulfide) groups is 1. The Balaban J connectivity index is 2.81. The first-order valence-corrected chi connectivity index (χ1v) is 4.36. The first-order valence-electron chi connectivity index (χ1n) is 3.38. The van der Waals surface area contributed by atoms with Gasteiger partial charge in [0.15, 0.2) is 0 Å². The van der Waals surface area contributed by atoms with Crippen molar-refractivity contribution in [2.75, 3.05) is 5.75 Å². The number of aromatic nitrogens is 1. The summed E-state index contributed by atoms with van der Waals surface area (Å²) in [5.74, 6) is 1.12. The van der Waals surface area contributed by atoms with Crippen LogP contribution in [0.2, 0.25) is 0 Å². The molecule has 2 heteroatoms. The second-order valence-electron chi connectivity index (χ2n) is 2.07. The van der Waals surface area contributed by atoms with Gasteiger partial charge in [-0.1, -0.05) is 6.92 Å². The van der Waals surface area contributed by atoms with Crippen molar-refractivity contribution in [2.24, 2.45) is 0 Å². The van der Waals surface area contributed by atoms with Crippen molar-refractivity contribution in [3.8, 4) is 0 Å². The first kappa shape index (κ1) is 7.61. The number of pyridine rings is 1. The molecule has 10 heavy (non-hydrogen) atoms. The molecule has 0 aliphatic rings. The van der Waals surface area contributed by atoms with E-state index in [0.717, 1.165) is 5.75 Å². The molecule has 0 aromatic carbocycles. The van der Waals surface area contributed by atoms with Crippen molar-refractivity contribution in [3.05, 3.63) is 24.0 Å². The molecule has 0 amide bonds. The molecule has 0 radical (unpaired) electrons. The molecule has 54 valence electrons. The van der Waals surface area contributed by atoms with Crippen LogP contribution in [0.15, 0.2) is 23.4 Å². The molecule has 0 unspecified atom stereocenters. The van der Waals surface area contributed by atoms with Gasteiger partial charge in [0, 0.05) is 17.3 Å². The third kappa shape index (κ3) is 1.74. The molecule has 0 bridgehead atoms. The Labute approximate surface area is 65.9 Å². The Kier molecular flexibility index (Phi) is 2.75. The van der Waals surface area contributed by atoms with Crippen molar-refractivity contribution >= 4 is 11.8 Å². The maximum absolute atomic E-state index is 4.04. The molecular formula is C8H11NS. The van der Waals surface area contributed by atoms with E-state index in [0.29, 0.717) is 0 Å². The summed E-state index contributed by atoms with van der Waals surface area (Å²) in [6, 6.07) is 2.04. The van der Waals surface area contributed by atoms with Crippen molar-refractivity contribution in [3.63, 3.8) is 0 Å². The fourth-order valence-corrected chi connectivity index (χ4v) is 1.50. The molecule has 0 spiro atoms. The minimum Gasteiger partial charge on any atom is -0.264 e. The van der Waals surface area contributed by atoms with E-state index in [9.17, 15) is 0 Å². The molecule has 0 fully saturated rings. The van der Waals surface area contributed by atoms with Crippen molar-refractivity contribution < 1.29 is 0 Å². The molecular weight excluding hydrogens is 142 g/mol. The summed E-state index contributed by atoms with van der Waals surface area (Å²) in [6.45, 7) is 4.26. The summed E-state index contributed by atoms with van der Waals surface area (Å²) in [5, 5.41) is 0. The topological polar surface area (TPSA) is 12.9 Å². The average molecular weight is 153 g/mol. The van der Waals surface area contributed by atoms with Crippen molar-refractivity contribution in [1.29, 1.82) is 0 Å². The lowest BCUT2D eigenvalue weighted by Gasteiger charge is -1.99. The fourth-order valence-electron chi connectivity index (χ4n) is 0.756. The summed E-state index contributed by atoms with van der Waals surface area (Å²) in [5.41, 5.74) is 1.32. The largest absolute Gasteiger partial charge is 0.264 e. The van der Waals surface area contributed by atoms with Gasteiger partial charge >= 0.3 is 0 Å². The van der Waals surface area contributed by atoms with Crippen molar-refractivity contribution in [1.82, 2.24) is 4.98 Å². The summed E-state index contributed by atoms with van der Waals surface area (Å²) in [6.07, 6.45) is 3.75. The summed E-state index contributed by atoms with van der Waals surface area (Å²) >= 11 is 1.84. The van der Waals surface area contributed by atoms with E-state index in [2.05, 4.69) is 18.8 Å². The van der Waals surface area contributed by atoms with Crippen LogP contribution in [-0.2, 0) is 0 Å². The molecule has 1 rings (SSSR count). The smallest absolute Gasteiger partial charge is 0.0406 e. The lowest BCUT2D eigenvalue weighted by atomic mass is 10.3. The van der Waals surface area contributed by atoms with Gasteiger partial charge in [0.05, 0.1) is 0 Å². The van der Waals surface area contributed by atoms with Gasteiger partial charge in [-0.15, -0.1) is 11.8 Å². The van der Waals surface area contributed by atoms with E-state index in [1.54, 1.807) is 0 Å². The predicted octanol–water partition coefficient (Wildman–Crippen LogP) is 2.50. The molecule has 0 atom stereocenters. The molecule has 0 N–H and O–H groups in total. The SMILES string of the molecule is CCSc1cnccc1C. The zero-order valence-electron chi connectivity index (χ0n) is 6.29. The van der Waals surface area contributed by atoms with Gasteiger partial charge in [0.25, 0.3) is 0 Å². The normalized spacial score (nSPS) is 9.80. The van der Waals surface area contributed by atoms with Crippen LogP contribution in [0, 0.1) is 6.92 Å². The number of aryl methyl sites for hydroxylation is 1. The van der Waals surface area contributed by atoms with Gasteiger partial charge in [0.2, 0.25) is 0 Å². The monoisotopic (exact) mass is 153 g/mol. The Morgan fingerprint density at radius 2 is 2.40 bits per heavy atom. The van der Waals surface area contributed by atoms with Crippen LogP contribution in [0.5, 0.6) is 0 Å². The molecule has 0 aliphatic heterocycles. The lowest BCUT2D eigenvalue weighted by Crippen LogP contribution is -1.80. The number of hydrogen-bond acceptors (Lipinski definition) is 2. The Morgan fingerprint density at radius 3 is 3.00 bits per heavy atom. The maximum atomic E-state index is 4.04. The van der Waals surface area contributed by atoms with Crippen LogP contribution in [0.3, 0.4) is 0 Å². The Morgan fingerprint density at radius 1 is 1.60 bits per heavy atom. The van der Waals surface area contributed by atoms with E-state index in [4.69, 9.17) is 0 Å². The average Bonchev–Trinajstić information content (AvgIpc) is 1.94. The minimum atomic E-state index is 1.12. The summed E-state index contributed by atoms with van der Waals surface area (Å²) in [4.78, 5) is 5.34. The third-order valence-corrected chi connectivity index (χ3v) is 2.32. The quantitative estimate of drug-likeness (QED) is 0.605. The van der Waals surface area contributed by atoms with Crippen LogP contribution >= 0.6 is 11.8 Å². The van der Waals surface area contributed by atoms with Crippen LogP contribution < -0.4 is 0 Å². The summed E-state index contributed by atoms with van der Waals surface area (Å²) in [7, 11) is 0. The highest BCUT2D eigenvalue weighted by Gasteiger charge is 1.94. The molecule has 1 nitrogen and oxygen atoms in total. The van der Waals surface area contributed by atoms with Crippen LogP contribution in [0.4, 0.5) is 0 Å². The van der Waals surface area contributed by atoms with Gasteiger partial charge in [-0.25, -0.2) is 0 Å². The highest BCUT2D eigenvalue weighted by Crippen LogP contribution is 2.19. The zero-order chi connectivity index (χ0) is 7.40. The summed E-state index contributed by atoms with van der Waals surface area (Å²) < 4.78 is 0. The van der Waals surface area contributed by atoms with E-state index in [1.807, 2.05) is 30.2 Å². The molecule has 0 aliphatic carbocycles. The zero-order valence-corrected chi connectivity index (χ0v) is 7.11. The first-order chi connectivity index (χ1) is 4.84. The van der Waals surface area contributed by atoms with Gasteiger partial charge in [-0.05, 0) is 24.3 Å². The Hall–Kier alpha value is -0.500. The van der Waals surface area contributed by atoms with Crippen molar-refractivity contribution in [2.45, 2.75) is 18.7 Å². The van der Waals surface area contributed by atoms with Gasteiger partial charge in [-0.2, -0.15) is 0 Å². The minimum absolute atomic E-state index is 1.12. The molecule has 1 aromatic rings. The number of rotatable bonds is 2. The third-order valence-electron chi connectivity index (χ3n) is 1.29. The molecule has 1 heterocycles. The van der Waals surface area contributed by atoms with E-state index in [1.165, 1.54) is 10.5 Å². The molecule has 1 aromatic heterocycles. The van der Waals surface area contributed by atoms with Crippen LogP contribution in [0.25, 0.3) is 0 Å². The van der Waals surface area contributed by atoms with E-state index >= 15 is 0 Å². The predicted molar refractivity (Wildman–Crippen MR) is 45.4 cm³/mol. The number of hydrogen-bond donors (Lipinski definition) is 0. The maximum Gasteiger partial charge on any atom is 0.0406 e. The van der Waals surface area contributed by atoms with E-state index in [-0.39, 0.29) is 0 Å². The van der Waals surface area contributed by atoms with Gasteiger partial charge < -0.3 is 0 Å². The fraction of sp³-hybridized carbons (Fsp3) is 0.375. The lowest BCUT2D eigenvalue weighted by molar-refractivity contribution is 1.17. The van der Waals surface area contributed by atoms with Crippen LogP contribution in [-0.4, -0.2) is 10.7 Å². The molecule has 0 saturated carbocycles.